The maximum absolute atomic E-state index is 9.74. The van der Waals surface area contributed by atoms with E-state index in [1.54, 1.807) is 0 Å². The van der Waals surface area contributed by atoms with Crippen molar-refractivity contribution in [3.63, 3.8) is 0 Å². The lowest BCUT2D eigenvalue weighted by Crippen LogP contribution is -2.37. The van der Waals surface area contributed by atoms with Crippen molar-refractivity contribution >= 4 is 11.6 Å². The Bertz CT molecular complexity index is 626. The lowest BCUT2D eigenvalue weighted by molar-refractivity contribution is 0.0660. The Labute approximate surface area is 129 Å². The van der Waals surface area contributed by atoms with Gasteiger partial charge in [0.05, 0.1) is 22.4 Å². The number of rotatable bonds is 3. The third kappa shape index (κ3) is 3.28. The molecule has 2 heterocycles. The van der Waals surface area contributed by atoms with E-state index in [1.165, 1.54) is 0 Å². The van der Waals surface area contributed by atoms with Crippen LogP contribution in [0.25, 0.3) is 11.5 Å². The highest BCUT2D eigenvalue weighted by Gasteiger charge is 2.21. The minimum Gasteiger partial charge on any atom is -0.441 e. The maximum Gasteiger partial charge on any atom is 0.228 e. The van der Waals surface area contributed by atoms with Crippen LogP contribution in [0.3, 0.4) is 0 Å². The fraction of sp³-hybridized carbons (Fsp3) is 0.438. The smallest absolute Gasteiger partial charge is 0.228 e. The molecule has 1 atom stereocenters. The van der Waals surface area contributed by atoms with Gasteiger partial charge in [0.15, 0.2) is 0 Å². The third-order valence-electron chi connectivity index (χ3n) is 3.85. The zero-order valence-corrected chi connectivity index (χ0v) is 12.8. The molecule has 1 saturated heterocycles. The van der Waals surface area contributed by atoms with Gasteiger partial charge in [0.2, 0.25) is 5.89 Å². The Morgan fingerprint density at radius 3 is 3.00 bits per heavy atom. The molecule has 1 aliphatic heterocycles. The van der Waals surface area contributed by atoms with Gasteiger partial charge >= 0.3 is 0 Å². The van der Waals surface area contributed by atoms with Crippen molar-refractivity contribution in [3.8, 4) is 11.5 Å². The SMILES string of the molecule is Cc1oc(-c2ccccc2Cl)nc1CN1CCC[C@H](O)C1. The number of nitrogens with zero attached hydrogens (tertiary/aromatic N) is 2. The van der Waals surface area contributed by atoms with Crippen LogP contribution in [0.2, 0.25) is 5.02 Å². The van der Waals surface area contributed by atoms with Crippen molar-refractivity contribution in [2.24, 2.45) is 0 Å². The number of hydrogen-bond donors (Lipinski definition) is 1. The highest BCUT2D eigenvalue weighted by molar-refractivity contribution is 6.33. The molecule has 0 bridgehead atoms. The molecule has 3 rings (SSSR count). The molecule has 1 fully saturated rings. The minimum atomic E-state index is -0.228. The fourth-order valence-electron chi connectivity index (χ4n) is 2.71. The second-order valence-corrected chi connectivity index (χ2v) is 5.94. The Kier molecular flexibility index (Phi) is 4.29. The molecular weight excluding hydrogens is 288 g/mol. The predicted molar refractivity (Wildman–Crippen MR) is 82.2 cm³/mol. The van der Waals surface area contributed by atoms with E-state index in [4.69, 9.17) is 16.0 Å². The molecule has 1 aromatic heterocycles. The van der Waals surface area contributed by atoms with Gasteiger partial charge in [0.25, 0.3) is 0 Å². The summed E-state index contributed by atoms with van der Waals surface area (Å²) < 4.78 is 5.77. The molecule has 4 nitrogen and oxygen atoms in total. The Morgan fingerprint density at radius 2 is 2.24 bits per heavy atom. The summed E-state index contributed by atoms with van der Waals surface area (Å²) in [5, 5.41) is 10.4. The van der Waals surface area contributed by atoms with Crippen LogP contribution in [0.1, 0.15) is 24.3 Å². The standard InChI is InChI=1S/C16H19ClN2O2/c1-11-15(10-19-8-4-5-12(20)9-19)18-16(21-11)13-6-2-3-7-14(13)17/h2-3,6-7,12,20H,4-5,8-10H2,1H3/t12-/m0/s1. The summed E-state index contributed by atoms with van der Waals surface area (Å²) in [7, 11) is 0. The first-order valence-electron chi connectivity index (χ1n) is 7.25. The van der Waals surface area contributed by atoms with Crippen LogP contribution >= 0.6 is 11.6 Å². The van der Waals surface area contributed by atoms with Crippen molar-refractivity contribution in [1.29, 1.82) is 0 Å². The normalized spacial score (nSPS) is 19.9. The molecule has 0 saturated carbocycles. The number of aliphatic hydroxyl groups is 1. The summed E-state index contributed by atoms with van der Waals surface area (Å²) in [4.78, 5) is 6.80. The quantitative estimate of drug-likeness (QED) is 0.945. The van der Waals surface area contributed by atoms with E-state index in [1.807, 2.05) is 31.2 Å². The zero-order chi connectivity index (χ0) is 14.8. The van der Waals surface area contributed by atoms with Gasteiger partial charge in [-0.2, -0.15) is 0 Å². The average molecular weight is 307 g/mol. The monoisotopic (exact) mass is 306 g/mol. The van der Waals surface area contributed by atoms with E-state index >= 15 is 0 Å². The molecule has 0 unspecified atom stereocenters. The lowest BCUT2D eigenvalue weighted by Gasteiger charge is -2.29. The van der Waals surface area contributed by atoms with Crippen LogP contribution in [-0.4, -0.2) is 34.2 Å². The Balaban J connectivity index is 1.80. The van der Waals surface area contributed by atoms with Gasteiger partial charge in [-0.3, -0.25) is 4.90 Å². The van der Waals surface area contributed by atoms with E-state index in [0.717, 1.165) is 36.4 Å². The summed E-state index contributed by atoms with van der Waals surface area (Å²) in [6.07, 6.45) is 1.68. The molecule has 1 aliphatic rings. The number of halogens is 1. The first-order chi connectivity index (χ1) is 10.1. The van der Waals surface area contributed by atoms with E-state index in [0.29, 0.717) is 24.0 Å². The summed E-state index contributed by atoms with van der Waals surface area (Å²) in [6.45, 7) is 4.32. The molecule has 0 spiro atoms. The van der Waals surface area contributed by atoms with Crippen molar-refractivity contribution in [2.75, 3.05) is 13.1 Å². The van der Waals surface area contributed by atoms with Gasteiger partial charge in [0.1, 0.15) is 5.76 Å². The minimum absolute atomic E-state index is 0.228. The fourth-order valence-corrected chi connectivity index (χ4v) is 2.93. The molecule has 0 radical (unpaired) electrons. The van der Waals surface area contributed by atoms with Crippen LogP contribution in [0, 0.1) is 6.92 Å². The number of aryl methyl sites for hydroxylation is 1. The van der Waals surface area contributed by atoms with Gasteiger partial charge in [0, 0.05) is 13.1 Å². The predicted octanol–water partition coefficient (Wildman–Crippen LogP) is 3.26. The molecule has 1 aromatic carbocycles. The summed E-state index contributed by atoms with van der Waals surface area (Å²) in [5.74, 6) is 1.37. The van der Waals surface area contributed by atoms with Gasteiger partial charge in [-0.15, -0.1) is 0 Å². The number of benzene rings is 1. The van der Waals surface area contributed by atoms with E-state index in [9.17, 15) is 5.11 Å². The van der Waals surface area contributed by atoms with E-state index in [-0.39, 0.29) is 6.10 Å². The highest BCUT2D eigenvalue weighted by Crippen LogP contribution is 2.29. The molecule has 1 N–H and O–H groups in total. The Hall–Kier alpha value is -1.36. The summed E-state index contributed by atoms with van der Waals surface area (Å²) in [6, 6.07) is 7.54. The van der Waals surface area contributed by atoms with Crippen LogP contribution in [-0.2, 0) is 6.54 Å². The molecule has 2 aromatic rings. The number of β-amino-alcohol motifs (C(OH)–C–C–N with tert-alkyl or cyclic N) is 1. The number of piperidine rings is 1. The van der Waals surface area contributed by atoms with E-state index < -0.39 is 0 Å². The average Bonchev–Trinajstić information content (AvgIpc) is 2.80. The molecule has 0 aliphatic carbocycles. The maximum atomic E-state index is 9.74. The lowest BCUT2D eigenvalue weighted by atomic mass is 10.1. The van der Waals surface area contributed by atoms with E-state index in [2.05, 4.69) is 9.88 Å². The number of aliphatic hydroxyl groups excluding tert-OH is 1. The number of likely N-dealkylation sites (tertiary alicyclic amines) is 1. The topological polar surface area (TPSA) is 49.5 Å². The van der Waals surface area contributed by atoms with Gasteiger partial charge < -0.3 is 9.52 Å². The molecule has 21 heavy (non-hydrogen) atoms. The molecular formula is C16H19ClN2O2. The highest BCUT2D eigenvalue weighted by atomic mass is 35.5. The van der Waals surface area contributed by atoms with Crippen molar-refractivity contribution in [1.82, 2.24) is 9.88 Å². The van der Waals surface area contributed by atoms with Crippen LogP contribution in [0.5, 0.6) is 0 Å². The second-order valence-electron chi connectivity index (χ2n) is 5.53. The van der Waals surface area contributed by atoms with Crippen molar-refractivity contribution in [3.05, 3.63) is 40.7 Å². The van der Waals surface area contributed by atoms with Crippen LogP contribution in [0.4, 0.5) is 0 Å². The molecule has 5 heteroatoms. The van der Waals surface area contributed by atoms with Crippen molar-refractivity contribution in [2.45, 2.75) is 32.4 Å². The molecule has 0 amide bonds. The third-order valence-corrected chi connectivity index (χ3v) is 4.18. The zero-order valence-electron chi connectivity index (χ0n) is 12.1. The first kappa shape index (κ1) is 14.6. The summed E-state index contributed by atoms with van der Waals surface area (Å²) >= 11 is 6.19. The number of aromatic nitrogens is 1. The van der Waals surface area contributed by atoms with Gasteiger partial charge in [-0.05, 0) is 38.4 Å². The van der Waals surface area contributed by atoms with Gasteiger partial charge in [-0.1, -0.05) is 23.7 Å². The second kappa shape index (κ2) is 6.18. The Morgan fingerprint density at radius 1 is 1.43 bits per heavy atom. The molecule has 112 valence electrons. The largest absolute Gasteiger partial charge is 0.441 e. The van der Waals surface area contributed by atoms with Crippen LogP contribution < -0.4 is 0 Å². The summed E-state index contributed by atoms with van der Waals surface area (Å²) in [5.41, 5.74) is 1.73. The number of hydrogen-bond acceptors (Lipinski definition) is 4. The van der Waals surface area contributed by atoms with Gasteiger partial charge in [-0.25, -0.2) is 4.98 Å². The van der Waals surface area contributed by atoms with Crippen LogP contribution in [0.15, 0.2) is 28.7 Å². The number of oxazole rings is 1. The van der Waals surface area contributed by atoms with Crippen molar-refractivity contribution < 1.29 is 9.52 Å². The first-order valence-corrected chi connectivity index (χ1v) is 7.63.